The molecular formula is C12H15N3O2S. The predicted octanol–water partition coefficient (Wildman–Crippen LogP) is 1.82. The fourth-order valence-electron chi connectivity index (χ4n) is 1.58. The fraction of sp³-hybridized carbons (Fsp3) is 0.417. The van der Waals surface area contributed by atoms with Crippen LogP contribution in [0.15, 0.2) is 11.0 Å². The van der Waals surface area contributed by atoms with Crippen LogP contribution in [0, 0.1) is 6.92 Å². The van der Waals surface area contributed by atoms with Gasteiger partial charge in [0.15, 0.2) is 5.65 Å². The molecule has 0 atom stereocenters. The van der Waals surface area contributed by atoms with E-state index in [1.54, 1.807) is 0 Å². The molecule has 0 unspecified atom stereocenters. The highest BCUT2D eigenvalue weighted by Crippen LogP contribution is 2.16. The summed E-state index contributed by atoms with van der Waals surface area (Å²) in [7, 11) is 0. The highest BCUT2D eigenvalue weighted by molar-refractivity contribution is 7.18. The number of carbonyl (C=O) groups excluding carboxylic acids is 1. The lowest BCUT2D eigenvalue weighted by Gasteiger charge is -2.20. The van der Waals surface area contributed by atoms with Crippen molar-refractivity contribution >= 4 is 27.6 Å². The van der Waals surface area contributed by atoms with Crippen LogP contribution < -0.4 is 10.7 Å². The summed E-state index contributed by atoms with van der Waals surface area (Å²) >= 11 is 1.29. The fourth-order valence-corrected chi connectivity index (χ4v) is 2.42. The van der Waals surface area contributed by atoms with Gasteiger partial charge in [0.05, 0.1) is 5.01 Å². The third-order valence-corrected chi connectivity index (χ3v) is 3.24. The Balaban J connectivity index is 2.49. The smallest absolute Gasteiger partial charge is 0.257 e. The molecule has 0 aromatic carbocycles. The van der Waals surface area contributed by atoms with Gasteiger partial charge in [0.25, 0.3) is 5.91 Å². The van der Waals surface area contributed by atoms with Gasteiger partial charge in [0.1, 0.15) is 10.3 Å². The summed E-state index contributed by atoms with van der Waals surface area (Å²) in [6.07, 6.45) is 1.42. The monoisotopic (exact) mass is 265 g/mol. The van der Waals surface area contributed by atoms with E-state index in [0.29, 0.717) is 10.3 Å². The number of aromatic amines is 1. The lowest BCUT2D eigenvalue weighted by atomic mass is 10.1. The number of pyridine rings is 1. The zero-order valence-electron chi connectivity index (χ0n) is 10.7. The Morgan fingerprint density at radius 2 is 2.11 bits per heavy atom. The van der Waals surface area contributed by atoms with Crippen molar-refractivity contribution < 1.29 is 4.79 Å². The lowest BCUT2D eigenvalue weighted by Crippen LogP contribution is -2.42. The van der Waals surface area contributed by atoms with Gasteiger partial charge in [-0.05, 0) is 27.7 Å². The Kier molecular flexibility index (Phi) is 2.98. The Morgan fingerprint density at radius 3 is 2.72 bits per heavy atom. The van der Waals surface area contributed by atoms with E-state index < -0.39 is 0 Å². The highest BCUT2D eigenvalue weighted by atomic mass is 32.1. The summed E-state index contributed by atoms with van der Waals surface area (Å²) in [5, 5.41) is 3.57. The first kappa shape index (κ1) is 12.8. The van der Waals surface area contributed by atoms with E-state index in [2.05, 4.69) is 15.3 Å². The van der Waals surface area contributed by atoms with Gasteiger partial charge in [-0.25, -0.2) is 4.98 Å². The number of carbonyl (C=O) groups is 1. The molecule has 18 heavy (non-hydrogen) atoms. The van der Waals surface area contributed by atoms with Crippen molar-refractivity contribution in [3.05, 3.63) is 27.0 Å². The Hall–Kier alpha value is -1.69. The third-order valence-electron chi connectivity index (χ3n) is 2.27. The summed E-state index contributed by atoms with van der Waals surface area (Å²) in [5.41, 5.74) is 0.0224. The van der Waals surface area contributed by atoms with Crippen LogP contribution in [0.4, 0.5) is 0 Å². The van der Waals surface area contributed by atoms with Crippen molar-refractivity contribution in [2.75, 3.05) is 0 Å². The lowest BCUT2D eigenvalue weighted by molar-refractivity contribution is 0.0918. The van der Waals surface area contributed by atoms with Crippen molar-refractivity contribution in [3.63, 3.8) is 0 Å². The zero-order chi connectivity index (χ0) is 13.5. The Bertz CT molecular complexity index is 664. The van der Waals surface area contributed by atoms with Crippen LogP contribution in [-0.2, 0) is 0 Å². The first-order chi connectivity index (χ1) is 8.28. The van der Waals surface area contributed by atoms with Gasteiger partial charge in [-0.2, -0.15) is 0 Å². The molecule has 6 heteroatoms. The average molecular weight is 265 g/mol. The van der Waals surface area contributed by atoms with Crippen molar-refractivity contribution in [3.8, 4) is 0 Å². The van der Waals surface area contributed by atoms with Crippen LogP contribution in [0.2, 0.25) is 0 Å². The number of rotatable bonds is 1. The summed E-state index contributed by atoms with van der Waals surface area (Å²) in [6, 6.07) is 0. The van der Waals surface area contributed by atoms with E-state index in [4.69, 9.17) is 0 Å². The second kappa shape index (κ2) is 4.20. The molecular weight excluding hydrogens is 250 g/mol. The molecule has 0 aliphatic rings. The first-order valence-corrected chi connectivity index (χ1v) is 6.41. The van der Waals surface area contributed by atoms with Crippen LogP contribution in [0.5, 0.6) is 0 Å². The number of hydrogen-bond acceptors (Lipinski definition) is 4. The summed E-state index contributed by atoms with van der Waals surface area (Å²) in [5.74, 6) is -0.364. The first-order valence-electron chi connectivity index (χ1n) is 5.59. The van der Waals surface area contributed by atoms with Crippen LogP contribution >= 0.6 is 11.3 Å². The van der Waals surface area contributed by atoms with E-state index in [9.17, 15) is 9.59 Å². The predicted molar refractivity (Wildman–Crippen MR) is 72.2 cm³/mol. The van der Waals surface area contributed by atoms with Crippen LogP contribution in [0.1, 0.15) is 36.1 Å². The van der Waals surface area contributed by atoms with Gasteiger partial charge < -0.3 is 10.3 Å². The molecule has 2 aromatic rings. The van der Waals surface area contributed by atoms with Crippen molar-refractivity contribution in [1.29, 1.82) is 0 Å². The molecule has 0 bridgehead atoms. The van der Waals surface area contributed by atoms with Gasteiger partial charge in [0.2, 0.25) is 5.43 Å². The normalized spacial score (nSPS) is 11.8. The van der Waals surface area contributed by atoms with E-state index in [1.807, 2.05) is 27.7 Å². The Labute approximate surface area is 108 Å². The van der Waals surface area contributed by atoms with Crippen molar-refractivity contribution in [2.45, 2.75) is 33.2 Å². The van der Waals surface area contributed by atoms with Crippen LogP contribution in [-0.4, -0.2) is 21.4 Å². The number of hydrogen-bond donors (Lipinski definition) is 2. The average Bonchev–Trinajstić information content (AvgIpc) is 2.57. The number of amides is 1. The van der Waals surface area contributed by atoms with Gasteiger partial charge in [0, 0.05) is 11.7 Å². The molecule has 96 valence electrons. The van der Waals surface area contributed by atoms with E-state index in [1.165, 1.54) is 17.5 Å². The molecule has 0 spiro atoms. The second-order valence-electron chi connectivity index (χ2n) is 5.15. The number of thiazole rings is 1. The van der Waals surface area contributed by atoms with Crippen LogP contribution in [0.25, 0.3) is 10.3 Å². The molecule has 0 saturated heterocycles. The molecule has 2 heterocycles. The topological polar surface area (TPSA) is 74.8 Å². The van der Waals surface area contributed by atoms with Crippen molar-refractivity contribution in [2.24, 2.45) is 0 Å². The minimum atomic E-state index is -0.373. The highest BCUT2D eigenvalue weighted by Gasteiger charge is 2.19. The van der Waals surface area contributed by atoms with Crippen molar-refractivity contribution in [1.82, 2.24) is 15.3 Å². The number of nitrogens with zero attached hydrogens (tertiary/aromatic N) is 1. The van der Waals surface area contributed by atoms with Crippen LogP contribution in [0.3, 0.4) is 0 Å². The molecule has 2 N–H and O–H groups in total. The standard InChI is InChI=1S/C12H15N3O2S/c1-6-14-10-9(18-6)8(16)7(5-13-10)11(17)15-12(2,3)4/h5H,1-4H3,(H,13,16)(H,15,17). The van der Waals surface area contributed by atoms with E-state index in [0.717, 1.165) is 5.01 Å². The molecule has 2 aromatic heterocycles. The maximum Gasteiger partial charge on any atom is 0.257 e. The van der Waals surface area contributed by atoms with Gasteiger partial charge in [-0.3, -0.25) is 9.59 Å². The number of aromatic nitrogens is 2. The van der Waals surface area contributed by atoms with E-state index in [-0.39, 0.29) is 22.4 Å². The Morgan fingerprint density at radius 1 is 1.44 bits per heavy atom. The molecule has 0 aliphatic carbocycles. The summed E-state index contributed by atoms with van der Waals surface area (Å²) < 4.78 is 0.494. The largest absolute Gasteiger partial charge is 0.347 e. The quantitative estimate of drug-likeness (QED) is 0.826. The second-order valence-corrected chi connectivity index (χ2v) is 6.35. The molecule has 1 amide bonds. The van der Waals surface area contributed by atoms with Gasteiger partial charge >= 0.3 is 0 Å². The molecule has 0 aliphatic heterocycles. The summed E-state index contributed by atoms with van der Waals surface area (Å²) in [6.45, 7) is 7.43. The van der Waals surface area contributed by atoms with Gasteiger partial charge in [-0.1, -0.05) is 0 Å². The zero-order valence-corrected chi connectivity index (χ0v) is 11.6. The SMILES string of the molecule is Cc1nc2[nH]cc(C(=O)NC(C)(C)C)c(=O)c2s1. The minimum absolute atomic E-state index is 0.126. The molecule has 0 fully saturated rings. The number of H-pyrrole nitrogens is 1. The molecule has 0 radical (unpaired) electrons. The molecule has 0 saturated carbocycles. The number of nitrogens with one attached hydrogen (secondary N) is 2. The maximum absolute atomic E-state index is 12.2. The van der Waals surface area contributed by atoms with E-state index >= 15 is 0 Å². The summed E-state index contributed by atoms with van der Waals surface area (Å²) in [4.78, 5) is 31.2. The third kappa shape index (κ3) is 2.43. The maximum atomic E-state index is 12.2. The minimum Gasteiger partial charge on any atom is -0.347 e. The molecule has 2 rings (SSSR count). The number of fused-ring (bicyclic) bond motifs is 1. The van der Waals surface area contributed by atoms with Gasteiger partial charge in [-0.15, -0.1) is 11.3 Å². The molecule has 5 nitrogen and oxygen atoms in total. The number of aryl methyl sites for hydroxylation is 1.